The Kier molecular flexibility index (Phi) is 8.53. The van der Waals surface area contributed by atoms with Gasteiger partial charge in [-0.2, -0.15) is 0 Å². The van der Waals surface area contributed by atoms with Gasteiger partial charge in [0.2, 0.25) is 0 Å². The molecule has 13 aromatic rings. The molecule has 13 rings (SSSR count). The van der Waals surface area contributed by atoms with Gasteiger partial charge >= 0.3 is 0 Å². The van der Waals surface area contributed by atoms with Crippen LogP contribution >= 0.6 is 0 Å². The predicted molar refractivity (Wildman–Crippen MR) is 272 cm³/mol. The van der Waals surface area contributed by atoms with E-state index in [9.17, 15) is 0 Å². The van der Waals surface area contributed by atoms with E-state index >= 15 is 0 Å². The van der Waals surface area contributed by atoms with Crippen LogP contribution in [-0.2, 0) is 0 Å². The zero-order valence-electron chi connectivity index (χ0n) is 35.4. The molecule has 0 N–H and O–H groups in total. The van der Waals surface area contributed by atoms with Crippen molar-refractivity contribution in [3.8, 4) is 67.1 Å². The van der Waals surface area contributed by atoms with Crippen LogP contribution in [0.15, 0.2) is 247 Å². The van der Waals surface area contributed by atoms with Crippen LogP contribution in [0.25, 0.3) is 122 Å². The second-order valence-corrected chi connectivity index (χ2v) is 16.8. The van der Waals surface area contributed by atoms with E-state index in [0.717, 1.165) is 61.1 Å². The molecule has 10 aromatic carbocycles. The Labute approximate surface area is 376 Å². The maximum Gasteiger partial charge on any atom is 0.143 e. The highest BCUT2D eigenvalue weighted by atomic mass is 16.3. The van der Waals surface area contributed by atoms with E-state index in [1.807, 2.05) is 0 Å². The number of rotatable bonds is 7. The summed E-state index contributed by atoms with van der Waals surface area (Å²) in [5, 5.41) is 5.86. The highest BCUT2D eigenvalue weighted by Crippen LogP contribution is 2.48. The van der Waals surface area contributed by atoms with E-state index in [2.05, 4.69) is 252 Å². The third-order valence-electron chi connectivity index (χ3n) is 13.2. The van der Waals surface area contributed by atoms with Crippen molar-refractivity contribution in [1.29, 1.82) is 0 Å². The number of benzene rings is 10. The smallest absolute Gasteiger partial charge is 0.143 e. The molecular weight excluding hydrogens is 789 g/mol. The summed E-state index contributed by atoms with van der Waals surface area (Å²) < 4.78 is 11.9. The summed E-state index contributed by atoms with van der Waals surface area (Å²) in [4.78, 5) is 0. The normalized spacial score (nSPS) is 11.7. The van der Waals surface area contributed by atoms with Crippen molar-refractivity contribution in [3.63, 3.8) is 0 Å². The first-order valence-electron chi connectivity index (χ1n) is 22.3. The summed E-state index contributed by atoms with van der Waals surface area (Å²) >= 11 is 0. The highest BCUT2D eigenvalue weighted by molar-refractivity contribution is 6.22. The molecule has 0 fully saturated rings. The van der Waals surface area contributed by atoms with Gasteiger partial charge in [-0.1, -0.05) is 212 Å². The third-order valence-corrected chi connectivity index (χ3v) is 13.2. The van der Waals surface area contributed by atoms with Gasteiger partial charge in [0.15, 0.2) is 0 Å². The number of hydrogen-bond donors (Lipinski definition) is 0. The summed E-state index contributed by atoms with van der Waals surface area (Å²) in [6, 6.07) is 87.4. The van der Waals surface area contributed by atoms with Crippen LogP contribution in [0.2, 0.25) is 0 Å². The SMILES string of the molecule is c1ccc(-c2ccc(-c3cccc4c3oc3c(-c5ccc(-n6c7ccccc7c7ccc8c(-c9ccccc9)c(-c9ccccc9)n(-c9ccccc9)c8c76)cc5)cccc34)cc2)cc1. The molecule has 0 bridgehead atoms. The van der Waals surface area contributed by atoms with Gasteiger partial charge in [0.05, 0.1) is 22.2 Å². The predicted octanol–water partition coefficient (Wildman–Crippen LogP) is 17.0. The number of hydrogen-bond acceptors (Lipinski definition) is 1. The molecule has 3 heterocycles. The lowest BCUT2D eigenvalue weighted by atomic mass is 9.98. The molecule has 304 valence electrons. The molecule has 3 nitrogen and oxygen atoms in total. The third kappa shape index (κ3) is 5.90. The van der Waals surface area contributed by atoms with Crippen LogP contribution in [0, 0.1) is 0 Å². The molecular formula is C62H40N2O. The first-order chi connectivity index (χ1) is 32.3. The second kappa shape index (κ2) is 15.0. The van der Waals surface area contributed by atoms with E-state index in [4.69, 9.17) is 4.42 Å². The van der Waals surface area contributed by atoms with Crippen molar-refractivity contribution in [3.05, 3.63) is 243 Å². The Balaban J connectivity index is 1.01. The number of aromatic nitrogens is 2. The van der Waals surface area contributed by atoms with Crippen LogP contribution in [0.4, 0.5) is 0 Å². The maximum absolute atomic E-state index is 6.94. The molecule has 3 heteroatoms. The standard InChI is InChI=1S/C62H40N2O/c1-5-17-41(18-6-1)42-31-33-43(34-32-42)49-26-15-28-53-54-29-16-27-50(62(54)65-61(49)53)44-35-37-48(38-36-44)63-56-30-14-13-25-51(56)52-39-40-55-57(45-19-7-2-8-20-45)58(46-21-9-3-10-22-46)64(60(55)59(52)63)47-23-11-4-12-24-47/h1-40H. The van der Waals surface area contributed by atoms with Gasteiger partial charge in [0.25, 0.3) is 0 Å². The van der Waals surface area contributed by atoms with E-state index in [0.29, 0.717) is 0 Å². The van der Waals surface area contributed by atoms with E-state index in [1.54, 1.807) is 0 Å². The van der Waals surface area contributed by atoms with Crippen LogP contribution in [0.1, 0.15) is 0 Å². The van der Waals surface area contributed by atoms with E-state index in [-0.39, 0.29) is 0 Å². The van der Waals surface area contributed by atoms with Crippen LogP contribution in [0.3, 0.4) is 0 Å². The molecule has 0 aliphatic rings. The van der Waals surface area contributed by atoms with Gasteiger partial charge in [-0.05, 0) is 63.7 Å². The first kappa shape index (κ1) is 36.9. The molecule has 0 atom stereocenters. The Hall–Kier alpha value is -8.66. The largest absolute Gasteiger partial charge is 0.455 e. The second-order valence-electron chi connectivity index (χ2n) is 16.8. The van der Waals surface area contributed by atoms with Crippen LogP contribution < -0.4 is 0 Å². The van der Waals surface area contributed by atoms with Gasteiger partial charge in [-0.15, -0.1) is 0 Å². The summed E-state index contributed by atoms with van der Waals surface area (Å²) in [6.07, 6.45) is 0. The average molecular weight is 829 g/mol. The van der Waals surface area contributed by atoms with Crippen molar-refractivity contribution >= 4 is 54.6 Å². The number of para-hydroxylation sites is 4. The molecule has 0 aliphatic carbocycles. The molecule has 0 aliphatic heterocycles. The van der Waals surface area contributed by atoms with Crippen molar-refractivity contribution in [2.45, 2.75) is 0 Å². The average Bonchev–Trinajstić information content (AvgIpc) is 4.06. The summed E-state index contributed by atoms with van der Waals surface area (Å²) in [5.74, 6) is 0. The molecule has 0 spiro atoms. The molecule has 0 amide bonds. The highest BCUT2D eigenvalue weighted by Gasteiger charge is 2.26. The minimum absolute atomic E-state index is 0.893. The lowest BCUT2D eigenvalue weighted by Crippen LogP contribution is -2.00. The topological polar surface area (TPSA) is 23.0 Å². The Morgan fingerprint density at radius 3 is 1.34 bits per heavy atom. The minimum Gasteiger partial charge on any atom is -0.455 e. The number of fused-ring (bicyclic) bond motifs is 8. The summed E-state index contributed by atoms with van der Waals surface area (Å²) in [6.45, 7) is 0. The fourth-order valence-corrected chi connectivity index (χ4v) is 10.2. The van der Waals surface area contributed by atoms with Crippen LogP contribution in [0.5, 0.6) is 0 Å². The molecule has 0 saturated carbocycles. The minimum atomic E-state index is 0.893. The van der Waals surface area contributed by atoms with E-state index < -0.39 is 0 Å². The zero-order chi connectivity index (χ0) is 42.8. The Bertz CT molecular complexity index is 3880. The lowest BCUT2D eigenvalue weighted by Gasteiger charge is -2.15. The van der Waals surface area contributed by atoms with Crippen molar-refractivity contribution < 1.29 is 4.42 Å². The van der Waals surface area contributed by atoms with Crippen LogP contribution in [-0.4, -0.2) is 9.13 Å². The van der Waals surface area contributed by atoms with Gasteiger partial charge in [-0.3, -0.25) is 0 Å². The molecule has 0 radical (unpaired) electrons. The molecule has 65 heavy (non-hydrogen) atoms. The van der Waals surface area contributed by atoms with E-state index in [1.165, 1.54) is 60.7 Å². The monoisotopic (exact) mass is 828 g/mol. The van der Waals surface area contributed by atoms with Gasteiger partial charge in [0, 0.05) is 55.0 Å². The fraction of sp³-hybridized carbons (Fsp3) is 0. The fourth-order valence-electron chi connectivity index (χ4n) is 10.2. The number of nitrogens with zero attached hydrogens (tertiary/aromatic N) is 2. The Morgan fingerprint density at radius 2 is 0.708 bits per heavy atom. The summed E-state index contributed by atoms with van der Waals surface area (Å²) in [7, 11) is 0. The number of furan rings is 1. The van der Waals surface area contributed by atoms with Gasteiger partial charge in [-0.25, -0.2) is 0 Å². The molecule has 0 saturated heterocycles. The van der Waals surface area contributed by atoms with Crippen molar-refractivity contribution in [2.75, 3.05) is 0 Å². The van der Waals surface area contributed by atoms with Gasteiger partial charge < -0.3 is 13.6 Å². The van der Waals surface area contributed by atoms with Crippen molar-refractivity contribution in [2.24, 2.45) is 0 Å². The first-order valence-corrected chi connectivity index (χ1v) is 22.3. The lowest BCUT2D eigenvalue weighted by molar-refractivity contribution is 0.671. The Morgan fingerprint density at radius 1 is 0.262 bits per heavy atom. The summed E-state index contributed by atoms with van der Waals surface area (Å²) in [5.41, 5.74) is 19.0. The zero-order valence-corrected chi connectivity index (χ0v) is 35.4. The molecule has 0 unspecified atom stereocenters. The maximum atomic E-state index is 6.94. The quantitative estimate of drug-likeness (QED) is 0.157. The van der Waals surface area contributed by atoms with Gasteiger partial charge in [0.1, 0.15) is 11.2 Å². The van der Waals surface area contributed by atoms with Crippen molar-refractivity contribution in [1.82, 2.24) is 9.13 Å². The molecule has 3 aromatic heterocycles.